The number of nitrogens with two attached hydrogens (primary N) is 2. The molecule has 0 unspecified atom stereocenters. The fourth-order valence-corrected chi connectivity index (χ4v) is 2.30. The molecule has 5 heteroatoms. The van der Waals surface area contributed by atoms with E-state index < -0.39 is 5.91 Å². The lowest BCUT2D eigenvalue weighted by Gasteiger charge is -2.26. The van der Waals surface area contributed by atoms with Gasteiger partial charge in [0, 0.05) is 12.1 Å². The third-order valence-corrected chi connectivity index (χ3v) is 3.41. The van der Waals surface area contributed by atoms with Crippen molar-refractivity contribution < 1.29 is 9.53 Å². The summed E-state index contributed by atoms with van der Waals surface area (Å²) in [5, 5.41) is 0. The second-order valence-corrected chi connectivity index (χ2v) is 4.87. The third kappa shape index (κ3) is 3.86. The number of rotatable bonds is 5. The lowest BCUT2D eigenvalue weighted by molar-refractivity contribution is 0.100. The molecule has 1 heterocycles. The van der Waals surface area contributed by atoms with Crippen LogP contribution in [0.25, 0.3) is 0 Å². The van der Waals surface area contributed by atoms with Crippen LogP contribution in [0.5, 0.6) is 5.75 Å². The average molecular weight is 263 g/mol. The molecule has 1 fully saturated rings. The summed E-state index contributed by atoms with van der Waals surface area (Å²) < 4.78 is 5.66. The van der Waals surface area contributed by atoms with Crippen molar-refractivity contribution in [3.8, 4) is 5.75 Å². The Morgan fingerprint density at radius 3 is 2.63 bits per heavy atom. The molecule has 0 atom stereocenters. The molecule has 0 radical (unpaired) electrons. The number of carbonyl (C=O) groups excluding carboxylic acids is 1. The van der Waals surface area contributed by atoms with Gasteiger partial charge in [-0.25, -0.2) is 0 Å². The summed E-state index contributed by atoms with van der Waals surface area (Å²) in [7, 11) is 0. The Morgan fingerprint density at radius 1 is 1.26 bits per heavy atom. The number of nitrogens with zero attached hydrogens (tertiary/aromatic N) is 1. The molecule has 2 rings (SSSR count). The number of ether oxygens (including phenoxy) is 1. The Kier molecular flexibility index (Phi) is 4.63. The smallest absolute Gasteiger partial charge is 0.248 e. The highest BCUT2D eigenvalue weighted by atomic mass is 16.5. The van der Waals surface area contributed by atoms with Gasteiger partial charge in [0.15, 0.2) is 0 Å². The van der Waals surface area contributed by atoms with Crippen molar-refractivity contribution in [1.29, 1.82) is 0 Å². The zero-order valence-electron chi connectivity index (χ0n) is 11.1. The van der Waals surface area contributed by atoms with Gasteiger partial charge in [-0.3, -0.25) is 9.69 Å². The van der Waals surface area contributed by atoms with Crippen molar-refractivity contribution >= 4 is 11.6 Å². The molecule has 0 saturated carbocycles. The first kappa shape index (κ1) is 13.7. The summed E-state index contributed by atoms with van der Waals surface area (Å²) in [6.07, 6.45) is 3.88. The van der Waals surface area contributed by atoms with Crippen molar-refractivity contribution in [2.24, 2.45) is 5.73 Å². The maximum absolute atomic E-state index is 11.0. The SMILES string of the molecule is NC(=O)c1ccc(OCCN2CCCCC2)c(N)c1. The highest BCUT2D eigenvalue weighted by Crippen LogP contribution is 2.22. The Labute approximate surface area is 113 Å². The zero-order chi connectivity index (χ0) is 13.7. The number of hydrogen-bond donors (Lipinski definition) is 2. The van der Waals surface area contributed by atoms with Gasteiger partial charge < -0.3 is 16.2 Å². The average Bonchev–Trinajstić information content (AvgIpc) is 2.41. The summed E-state index contributed by atoms with van der Waals surface area (Å²) in [6.45, 7) is 3.83. The van der Waals surface area contributed by atoms with Crippen LogP contribution in [0.4, 0.5) is 5.69 Å². The fourth-order valence-electron chi connectivity index (χ4n) is 2.30. The molecular formula is C14H21N3O2. The van der Waals surface area contributed by atoms with Crippen LogP contribution >= 0.6 is 0 Å². The van der Waals surface area contributed by atoms with Crippen molar-refractivity contribution in [2.75, 3.05) is 32.0 Å². The molecule has 0 spiro atoms. The van der Waals surface area contributed by atoms with Crippen LogP contribution in [0.2, 0.25) is 0 Å². The van der Waals surface area contributed by atoms with E-state index >= 15 is 0 Å². The number of primary amides is 1. The predicted octanol–water partition coefficient (Wildman–Crippen LogP) is 1.23. The van der Waals surface area contributed by atoms with Crippen LogP contribution < -0.4 is 16.2 Å². The summed E-state index contributed by atoms with van der Waals surface area (Å²) in [5.41, 5.74) is 11.9. The molecule has 1 aliphatic heterocycles. The molecule has 1 aromatic rings. The van der Waals surface area contributed by atoms with Crippen molar-refractivity contribution in [2.45, 2.75) is 19.3 Å². The maximum Gasteiger partial charge on any atom is 0.248 e. The molecule has 104 valence electrons. The molecule has 19 heavy (non-hydrogen) atoms. The number of anilines is 1. The molecule has 0 aliphatic carbocycles. The molecule has 5 nitrogen and oxygen atoms in total. The highest BCUT2D eigenvalue weighted by Gasteiger charge is 2.10. The van der Waals surface area contributed by atoms with E-state index in [1.54, 1.807) is 18.2 Å². The first-order valence-electron chi connectivity index (χ1n) is 6.71. The second-order valence-electron chi connectivity index (χ2n) is 4.87. The van der Waals surface area contributed by atoms with E-state index in [1.807, 2.05) is 0 Å². The Bertz CT molecular complexity index is 442. The molecule has 1 aromatic carbocycles. The topological polar surface area (TPSA) is 81.6 Å². The van der Waals surface area contributed by atoms with Crippen LogP contribution in [-0.4, -0.2) is 37.0 Å². The van der Waals surface area contributed by atoms with Crippen molar-refractivity contribution in [3.63, 3.8) is 0 Å². The van der Waals surface area contributed by atoms with Gasteiger partial charge >= 0.3 is 0 Å². The minimum atomic E-state index is -0.480. The van der Waals surface area contributed by atoms with E-state index in [-0.39, 0.29) is 0 Å². The van der Waals surface area contributed by atoms with Gasteiger partial charge in [0.25, 0.3) is 0 Å². The van der Waals surface area contributed by atoms with E-state index in [4.69, 9.17) is 16.2 Å². The molecule has 0 bridgehead atoms. The normalized spacial score (nSPS) is 16.2. The number of amides is 1. The number of likely N-dealkylation sites (tertiary alicyclic amines) is 1. The van der Waals surface area contributed by atoms with Crippen LogP contribution in [0.15, 0.2) is 18.2 Å². The summed E-state index contributed by atoms with van der Waals surface area (Å²) in [5.74, 6) is 0.133. The molecule has 1 saturated heterocycles. The number of benzene rings is 1. The van der Waals surface area contributed by atoms with E-state index in [1.165, 1.54) is 19.3 Å². The van der Waals surface area contributed by atoms with Gasteiger partial charge in [-0.2, -0.15) is 0 Å². The Hall–Kier alpha value is -1.75. The van der Waals surface area contributed by atoms with Gasteiger partial charge in [-0.05, 0) is 44.1 Å². The number of nitrogen functional groups attached to an aromatic ring is 1. The van der Waals surface area contributed by atoms with E-state index in [2.05, 4.69) is 4.90 Å². The van der Waals surface area contributed by atoms with Gasteiger partial charge in [-0.15, -0.1) is 0 Å². The van der Waals surface area contributed by atoms with Gasteiger partial charge in [0.1, 0.15) is 12.4 Å². The minimum Gasteiger partial charge on any atom is -0.490 e. The molecule has 0 aromatic heterocycles. The quantitative estimate of drug-likeness (QED) is 0.783. The first-order chi connectivity index (χ1) is 9.16. The minimum absolute atomic E-state index is 0.404. The van der Waals surface area contributed by atoms with Crippen molar-refractivity contribution in [3.05, 3.63) is 23.8 Å². The summed E-state index contributed by atoms with van der Waals surface area (Å²) in [4.78, 5) is 13.4. The molecule has 4 N–H and O–H groups in total. The first-order valence-corrected chi connectivity index (χ1v) is 6.71. The Balaban J connectivity index is 1.83. The summed E-state index contributed by atoms with van der Waals surface area (Å²) in [6, 6.07) is 4.89. The second kappa shape index (κ2) is 6.43. The maximum atomic E-state index is 11.0. The standard InChI is InChI=1S/C14H21N3O2/c15-12-10-11(14(16)18)4-5-13(12)19-9-8-17-6-2-1-3-7-17/h4-5,10H,1-3,6-9,15H2,(H2,16,18). The monoisotopic (exact) mass is 263 g/mol. The van der Waals surface area contributed by atoms with Crippen molar-refractivity contribution in [1.82, 2.24) is 4.90 Å². The largest absolute Gasteiger partial charge is 0.490 e. The highest BCUT2D eigenvalue weighted by molar-refractivity contribution is 5.94. The van der Waals surface area contributed by atoms with Gasteiger partial charge in [0.05, 0.1) is 5.69 Å². The van der Waals surface area contributed by atoms with Crippen LogP contribution in [0.3, 0.4) is 0 Å². The van der Waals surface area contributed by atoms with Crippen LogP contribution in [0.1, 0.15) is 29.6 Å². The van der Waals surface area contributed by atoms with Gasteiger partial charge in [-0.1, -0.05) is 6.42 Å². The van der Waals surface area contributed by atoms with Gasteiger partial charge in [0.2, 0.25) is 5.91 Å². The zero-order valence-corrected chi connectivity index (χ0v) is 11.1. The predicted molar refractivity (Wildman–Crippen MR) is 75.2 cm³/mol. The van der Waals surface area contributed by atoms with E-state index in [0.717, 1.165) is 19.6 Å². The van der Waals surface area contributed by atoms with E-state index in [0.29, 0.717) is 23.6 Å². The molecular weight excluding hydrogens is 242 g/mol. The number of hydrogen-bond acceptors (Lipinski definition) is 4. The molecule has 1 aliphatic rings. The molecule has 1 amide bonds. The lowest BCUT2D eigenvalue weighted by atomic mass is 10.1. The van der Waals surface area contributed by atoms with E-state index in [9.17, 15) is 4.79 Å². The number of carbonyl (C=O) groups is 1. The lowest BCUT2D eigenvalue weighted by Crippen LogP contribution is -2.33. The third-order valence-electron chi connectivity index (χ3n) is 3.41. The van der Waals surface area contributed by atoms with Crippen LogP contribution in [0, 0.1) is 0 Å². The Morgan fingerprint density at radius 2 is 2.00 bits per heavy atom. The van der Waals surface area contributed by atoms with Crippen LogP contribution in [-0.2, 0) is 0 Å². The number of piperidine rings is 1. The summed E-state index contributed by atoms with van der Waals surface area (Å²) >= 11 is 0. The fraction of sp³-hybridized carbons (Fsp3) is 0.500.